The zero-order chi connectivity index (χ0) is 39.3. The molecule has 6 N–H and O–H groups in total. The van der Waals surface area contributed by atoms with Crippen molar-refractivity contribution in [3.63, 3.8) is 0 Å². The summed E-state index contributed by atoms with van der Waals surface area (Å²) in [5.41, 5.74) is 1.69. The molecule has 0 saturated heterocycles. The number of ether oxygens (including phenoxy) is 1. The number of carbonyl (C=O) groups is 5. The molecule has 294 valence electrons. The van der Waals surface area contributed by atoms with E-state index in [9.17, 15) is 29.1 Å². The molecule has 12 nitrogen and oxygen atoms in total. The van der Waals surface area contributed by atoms with Gasteiger partial charge in [-0.15, -0.1) is 0 Å². The Hall–Kier alpha value is -3.32. The first-order valence-corrected chi connectivity index (χ1v) is 20.1. The molecule has 0 aliphatic heterocycles. The molecule has 0 aromatic heterocycles. The van der Waals surface area contributed by atoms with Crippen LogP contribution in [0.3, 0.4) is 0 Å². The third kappa shape index (κ3) is 15.0. The van der Waals surface area contributed by atoms with Gasteiger partial charge >= 0.3 is 6.09 Å². The lowest BCUT2D eigenvalue weighted by Gasteiger charge is -2.31. The summed E-state index contributed by atoms with van der Waals surface area (Å²) < 4.78 is 5.34. The highest BCUT2D eigenvalue weighted by Crippen LogP contribution is 2.22. The first kappa shape index (κ1) is 44.8. The maximum absolute atomic E-state index is 13.7. The van der Waals surface area contributed by atoms with Gasteiger partial charge < -0.3 is 36.4 Å². The molecular weight excluding hydrogens is 683 g/mol. The van der Waals surface area contributed by atoms with Gasteiger partial charge in [0.15, 0.2) is 0 Å². The molecular formula is C39H65N5O7S. The van der Waals surface area contributed by atoms with E-state index in [0.29, 0.717) is 18.6 Å². The van der Waals surface area contributed by atoms with Crippen LogP contribution in [0, 0.1) is 23.7 Å². The molecule has 1 aromatic carbocycles. The molecule has 1 aliphatic rings. The molecule has 5 amide bonds. The van der Waals surface area contributed by atoms with Crippen molar-refractivity contribution in [1.82, 2.24) is 26.6 Å². The fourth-order valence-corrected chi connectivity index (χ4v) is 6.73. The lowest BCUT2D eigenvalue weighted by atomic mass is 9.91. The Morgan fingerprint density at radius 1 is 0.788 bits per heavy atom. The summed E-state index contributed by atoms with van der Waals surface area (Å²) in [6, 6.07) is 4.76. The minimum absolute atomic E-state index is 0.0373. The van der Waals surface area contributed by atoms with Crippen LogP contribution in [0.1, 0.15) is 99.6 Å². The number of alkyl carbamates (subject to hydrolysis) is 1. The van der Waals surface area contributed by atoms with Crippen molar-refractivity contribution in [1.29, 1.82) is 0 Å². The standard InChI is InChI=1S/C39H65N5O7S/c1-22(2)18-30(42-35(47)29(16-17-52-11)41-37(49)33(24(5)6)44-38(50)51-39(8,9)10)31(45)19-25(7)34(46)43-32(23(3)4)36(48)40-28-20-26-14-12-13-15-27(26)21-28/h12-15,22-25,28-33,45H,16-21H2,1-11H3,(H,40,48)(H,41,49)(H,42,47)(H,43,46)(H,44,50)/t25-,29?,30+,31+,32+,33+/m1/s1. The zero-order valence-corrected chi connectivity index (χ0v) is 33.9. The zero-order valence-electron chi connectivity index (χ0n) is 33.1. The van der Waals surface area contributed by atoms with Crippen molar-refractivity contribution in [2.45, 2.75) is 143 Å². The molecule has 0 spiro atoms. The normalized spacial score (nSPS) is 16.7. The van der Waals surface area contributed by atoms with E-state index in [1.165, 1.54) is 22.9 Å². The number of aliphatic hydroxyl groups is 1. The summed E-state index contributed by atoms with van der Waals surface area (Å²) in [6.45, 7) is 18.2. The predicted molar refractivity (Wildman–Crippen MR) is 207 cm³/mol. The molecule has 0 heterocycles. The Balaban J connectivity index is 2.09. The van der Waals surface area contributed by atoms with E-state index >= 15 is 0 Å². The Kier molecular flexibility index (Phi) is 17.9. The van der Waals surface area contributed by atoms with Crippen LogP contribution in [0.5, 0.6) is 0 Å². The molecule has 1 unspecified atom stereocenters. The molecule has 13 heteroatoms. The van der Waals surface area contributed by atoms with Gasteiger partial charge in [0.1, 0.15) is 23.7 Å². The molecule has 1 aliphatic carbocycles. The summed E-state index contributed by atoms with van der Waals surface area (Å²) in [4.78, 5) is 66.4. The number of rotatable bonds is 19. The average Bonchev–Trinajstić information content (AvgIpc) is 3.44. The van der Waals surface area contributed by atoms with Gasteiger partial charge in [-0.3, -0.25) is 19.2 Å². The summed E-state index contributed by atoms with van der Waals surface area (Å²) >= 11 is 1.52. The molecule has 1 aromatic rings. The second-order valence-electron chi connectivity index (χ2n) is 16.3. The van der Waals surface area contributed by atoms with Crippen LogP contribution in [0.4, 0.5) is 4.79 Å². The summed E-state index contributed by atoms with van der Waals surface area (Å²) in [6.07, 6.45) is 2.38. The first-order valence-electron chi connectivity index (χ1n) is 18.7. The van der Waals surface area contributed by atoms with E-state index in [0.717, 1.165) is 12.8 Å². The number of hydrogen-bond acceptors (Lipinski definition) is 8. The third-order valence-electron chi connectivity index (χ3n) is 9.07. The maximum atomic E-state index is 13.7. The van der Waals surface area contributed by atoms with E-state index in [4.69, 9.17) is 4.74 Å². The van der Waals surface area contributed by atoms with E-state index in [1.807, 2.05) is 46.1 Å². The third-order valence-corrected chi connectivity index (χ3v) is 9.71. The number of nitrogens with one attached hydrogen (secondary N) is 5. The number of hydrogen-bond donors (Lipinski definition) is 6. The second-order valence-corrected chi connectivity index (χ2v) is 17.3. The predicted octanol–water partition coefficient (Wildman–Crippen LogP) is 4.12. The van der Waals surface area contributed by atoms with Gasteiger partial charge in [0.25, 0.3) is 0 Å². The number of amides is 5. The number of fused-ring (bicyclic) bond motifs is 1. The molecule has 2 rings (SSSR count). The van der Waals surface area contributed by atoms with Crippen molar-refractivity contribution in [2.24, 2.45) is 23.7 Å². The quantitative estimate of drug-likeness (QED) is 0.123. The lowest BCUT2D eigenvalue weighted by molar-refractivity contribution is -0.133. The minimum Gasteiger partial charge on any atom is -0.444 e. The second kappa shape index (κ2) is 20.8. The Bertz CT molecular complexity index is 1320. The van der Waals surface area contributed by atoms with Gasteiger partial charge in [0.05, 0.1) is 12.1 Å². The molecule has 0 radical (unpaired) electrons. The SMILES string of the molecule is CSCCC(NC(=O)[C@@H](NC(=O)OC(C)(C)C)C(C)C)C(=O)N[C@@H](CC(C)C)[C@@H](O)C[C@@H](C)C(=O)N[C@H](C(=O)NC1Cc2ccccc2C1)C(C)C. The van der Waals surface area contributed by atoms with Gasteiger partial charge in [-0.05, 0) is 93.8 Å². The van der Waals surface area contributed by atoms with E-state index < -0.39 is 59.7 Å². The summed E-state index contributed by atoms with van der Waals surface area (Å²) in [5, 5.41) is 25.8. The highest BCUT2D eigenvalue weighted by Gasteiger charge is 2.34. The van der Waals surface area contributed by atoms with Gasteiger partial charge in [-0.1, -0.05) is 72.7 Å². The highest BCUT2D eigenvalue weighted by atomic mass is 32.2. The molecule has 0 bridgehead atoms. The van der Waals surface area contributed by atoms with Crippen LogP contribution in [0.25, 0.3) is 0 Å². The van der Waals surface area contributed by atoms with Gasteiger partial charge in [0.2, 0.25) is 23.6 Å². The van der Waals surface area contributed by atoms with Crippen molar-refractivity contribution in [3.05, 3.63) is 35.4 Å². The highest BCUT2D eigenvalue weighted by molar-refractivity contribution is 7.98. The number of benzene rings is 1. The van der Waals surface area contributed by atoms with Crippen LogP contribution in [-0.4, -0.2) is 88.8 Å². The van der Waals surface area contributed by atoms with Crippen molar-refractivity contribution in [3.8, 4) is 0 Å². The maximum Gasteiger partial charge on any atom is 0.408 e. The largest absolute Gasteiger partial charge is 0.444 e. The monoisotopic (exact) mass is 747 g/mol. The summed E-state index contributed by atoms with van der Waals surface area (Å²) in [7, 11) is 0. The van der Waals surface area contributed by atoms with Crippen molar-refractivity contribution < 1.29 is 33.8 Å². The fourth-order valence-electron chi connectivity index (χ4n) is 6.25. The van der Waals surface area contributed by atoms with Crippen molar-refractivity contribution >= 4 is 41.5 Å². The van der Waals surface area contributed by atoms with E-state index in [2.05, 4.69) is 38.7 Å². The average molecular weight is 748 g/mol. The number of aliphatic hydroxyl groups excluding tert-OH is 1. The van der Waals surface area contributed by atoms with E-state index in [-0.39, 0.29) is 42.0 Å². The Morgan fingerprint density at radius 3 is 1.85 bits per heavy atom. The smallest absolute Gasteiger partial charge is 0.408 e. The summed E-state index contributed by atoms with van der Waals surface area (Å²) in [5.74, 6) is -2.02. The van der Waals surface area contributed by atoms with Crippen LogP contribution in [0.2, 0.25) is 0 Å². The molecule has 6 atom stereocenters. The van der Waals surface area contributed by atoms with Crippen LogP contribution < -0.4 is 26.6 Å². The van der Waals surface area contributed by atoms with Crippen LogP contribution in [0.15, 0.2) is 24.3 Å². The number of thioether (sulfide) groups is 1. The molecule has 52 heavy (non-hydrogen) atoms. The first-order chi connectivity index (χ1) is 24.2. The van der Waals surface area contributed by atoms with Gasteiger partial charge in [-0.2, -0.15) is 11.8 Å². The number of carbonyl (C=O) groups excluding carboxylic acids is 5. The molecule has 0 fully saturated rings. The molecule has 0 saturated carbocycles. The topological polar surface area (TPSA) is 175 Å². The fraction of sp³-hybridized carbons (Fsp3) is 0.718. The minimum atomic E-state index is -1.08. The lowest BCUT2D eigenvalue weighted by Crippen LogP contribution is -2.58. The van der Waals surface area contributed by atoms with E-state index in [1.54, 1.807) is 41.5 Å². The van der Waals surface area contributed by atoms with Crippen molar-refractivity contribution in [2.75, 3.05) is 12.0 Å². The van der Waals surface area contributed by atoms with Gasteiger partial charge in [-0.25, -0.2) is 4.79 Å². The Labute approximate surface area is 315 Å². The Morgan fingerprint density at radius 2 is 1.35 bits per heavy atom. The van der Waals surface area contributed by atoms with Crippen LogP contribution in [-0.2, 0) is 36.8 Å². The van der Waals surface area contributed by atoms with Gasteiger partial charge in [0, 0.05) is 12.0 Å². The van der Waals surface area contributed by atoms with Crippen LogP contribution >= 0.6 is 11.8 Å².